The Labute approximate surface area is 119 Å². The van der Waals surface area contributed by atoms with Gasteiger partial charge >= 0.3 is 0 Å². The lowest BCUT2D eigenvalue weighted by atomic mass is 10.2. The summed E-state index contributed by atoms with van der Waals surface area (Å²) < 4.78 is 10.9. The Morgan fingerprint density at radius 2 is 2.16 bits per heavy atom. The summed E-state index contributed by atoms with van der Waals surface area (Å²) in [6.07, 6.45) is 2.54. The Morgan fingerprint density at radius 1 is 1.37 bits per heavy atom. The molecule has 0 aliphatic heterocycles. The van der Waals surface area contributed by atoms with Crippen molar-refractivity contribution in [3.8, 4) is 5.88 Å². The van der Waals surface area contributed by atoms with Crippen LogP contribution < -0.4 is 10.1 Å². The Morgan fingerprint density at radius 3 is 2.84 bits per heavy atom. The molecule has 0 unspecified atom stereocenters. The van der Waals surface area contributed by atoms with Crippen molar-refractivity contribution in [2.75, 3.05) is 31.7 Å². The van der Waals surface area contributed by atoms with E-state index in [0.717, 1.165) is 19.6 Å². The number of aromatic nitrogens is 2. The molecule has 0 aromatic carbocycles. The average molecular weight is 288 g/mol. The van der Waals surface area contributed by atoms with Crippen LogP contribution in [0.25, 0.3) is 0 Å². The first-order valence-corrected chi connectivity index (χ1v) is 6.98. The van der Waals surface area contributed by atoms with Crippen molar-refractivity contribution < 1.29 is 9.47 Å². The summed E-state index contributed by atoms with van der Waals surface area (Å²) in [4.78, 5) is 8.29. The lowest BCUT2D eigenvalue weighted by Gasteiger charge is -2.10. The number of hydrogen-bond donors (Lipinski definition) is 1. The normalized spacial score (nSPS) is 10.8. The number of rotatable bonds is 9. The van der Waals surface area contributed by atoms with Crippen LogP contribution in [-0.2, 0) is 4.74 Å². The zero-order valence-corrected chi connectivity index (χ0v) is 12.5. The molecular formula is C13H22ClN3O2. The van der Waals surface area contributed by atoms with Crippen molar-refractivity contribution >= 4 is 17.5 Å². The van der Waals surface area contributed by atoms with E-state index in [0.29, 0.717) is 36.0 Å². The fraction of sp³-hybridized carbons (Fsp3) is 0.692. The molecule has 1 N–H and O–H groups in total. The molecule has 0 amide bonds. The molecule has 108 valence electrons. The second-order valence-corrected chi connectivity index (χ2v) is 5.00. The lowest BCUT2D eigenvalue weighted by molar-refractivity contribution is 0.0806. The van der Waals surface area contributed by atoms with Crippen LogP contribution in [0.2, 0.25) is 5.02 Å². The van der Waals surface area contributed by atoms with Crippen molar-refractivity contribution in [1.29, 1.82) is 0 Å². The van der Waals surface area contributed by atoms with Crippen molar-refractivity contribution in [1.82, 2.24) is 9.97 Å². The van der Waals surface area contributed by atoms with Gasteiger partial charge < -0.3 is 14.8 Å². The first kappa shape index (κ1) is 16.0. The zero-order valence-electron chi connectivity index (χ0n) is 11.8. The number of ether oxygens (including phenoxy) is 2. The third-order valence-corrected chi connectivity index (χ3v) is 2.42. The third-order valence-electron chi connectivity index (χ3n) is 2.16. The Hall–Kier alpha value is -1.07. The van der Waals surface area contributed by atoms with E-state index >= 15 is 0 Å². The quantitative estimate of drug-likeness (QED) is 0.708. The van der Waals surface area contributed by atoms with Crippen LogP contribution in [0.4, 0.5) is 5.95 Å². The SMILES string of the molecule is CCCNc1ncc(Cl)c(OCCOCC(C)C)n1. The minimum Gasteiger partial charge on any atom is -0.474 e. The van der Waals surface area contributed by atoms with Gasteiger partial charge in [0.15, 0.2) is 0 Å². The third kappa shape index (κ3) is 6.59. The largest absolute Gasteiger partial charge is 0.474 e. The summed E-state index contributed by atoms with van der Waals surface area (Å²) in [5.41, 5.74) is 0. The molecule has 6 heteroatoms. The molecular weight excluding hydrogens is 266 g/mol. The molecule has 0 aliphatic rings. The first-order valence-electron chi connectivity index (χ1n) is 6.60. The molecule has 19 heavy (non-hydrogen) atoms. The van der Waals surface area contributed by atoms with Crippen molar-refractivity contribution in [2.45, 2.75) is 27.2 Å². The highest BCUT2D eigenvalue weighted by Gasteiger charge is 2.06. The van der Waals surface area contributed by atoms with E-state index < -0.39 is 0 Å². The van der Waals surface area contributed by atoms with Gasteiger partial charge in [0.1, 0.15) is 11.6 Å². The van der Waals surface area contributed by atoms with Gasteiger partial charge in [0.25, 0.3) is 0 Å². The first-order chi connectivity index (χ1) is 9.13. The van der Waals surface area contributed by atoms with E-state index in [9.17, 15) is 0 Å². The van der Waals surface area contributed by atoms with Crippen molar-refractivity contribution in [2.24, 2.45) is 5.92 Å². The van der Waals surface area contributed by atoms with Crippen LogP contribution in [0.5, 0.6) is 5.88 Å². The molecule has 1 aromatic rings. The van der Waals surface area contributed by atoms with E-state index in [1.807, 2.05) is 0 Å². The number of nitrogens with one attached hydrogen (secondary N) is 1. The fourth-order valence-corrected chi connectivity index (χ4v) is 1.44. The van der Waals surface area contributed by atoms with Gasteiger partial charge in [-0.3, -0.25) is 0 Å². The summed E-state index contributed by atoms with van der Waals surface area (Å²) in [6, 6.07) is 0. The molecule has 0 saturated heterocycles. The summed E-state index contributed by atoms with van der Waals surface area (Å²) in [5.74, 6) is 1.44. The standard InChI is InChI=1S/C13H22ClN3O2/c1-4-5-15-13-16-8-11(14)12(17-13)19-7-6-18-9-10(2)3/h8,10H,4-7,9H2,1-3H3,(H,15,16,17). The maximum Gasteiger partial charge on any atom is 0.237 e. The number of hydrogen-bond acceptors (Lipinski definition) is 5. The molecule has 0 fully saturated rings. The monoisotopic (exact) mass is 287 g/mol. The maximum absolute atomic E-state index is 5.97. The molecule has 1 aromatic heterocycles. The Kier molecular flexibility index (Phi) is 7.52. The molecule has 0 spiro atoms. The topological polar surface area (TPSA) is 56.3 Å². The second-order valence-electron chi connectivity index (χ2n) is 4.59. The van der Waals surface area contributed by atoms with E-state index in [4.69, 9.17) is 21.1 Å². The Balaban J connectivity index is 2.39. The summed E-state index contributed by atoms with van der Waals surface area (Å²) >= 11 is 5.97. The predicted octanol–water partition coefficient (Wildman–Crippen LogP) is 3.00. The highest BCUT2D eigenvalue weighted by atomic mass is 35.5. The molecule has 5 nitrogen and oxygen atoms in total. The minimum atomic E-state index is 0.392. The summed E-state index contributed by atoms with van der Waals surface area (Å²) in [5, 5.41) is 3.49. The fourth-order valence-electron chi connectivity index (χ4n) is 1.29. The van der Waals surface area contributed by atoms with Gasteiger partial charge in [0.05, 0.1) is 12.8 Å². The molecule has 0 radical (unpaired) electrons. The number of anilines is 1. The van der Waals surface area contributed by atoms with E-state index in [2.05, 4.69) is 36.1 Å². The number of halogens is 1. The van der Waals surface area contributed by atoms with Gasteiger partial charge in [-0.25, -0.2) is 4.98 Å². The van der Waals surface area contributed by atoms with E-state index in [1.165, 1.54) is 6.20 Å². The maximum atomic E-state index is 5.97. The van der Waals surface area contributed by atoms with Crippen LogP contribution in [0.15, 0.2) is 6.20 Å². The molecule has 0 saturated carbocycles. The van der Waals surface area contributed by atoms with Crippen molar-refractivity contribution in [3.63, 3.8) is 0 Å². The molecule has 0 atom stereocenters. The van der Waals surface area contributed by atoms with Crippen LogP contribution in [0.1, 0.15) is 27.2 Å². The molecule has 1 heterocycles. The molecule has 0 aliphatic carbocycles. The lowest BCUT2D eigenvalue weighted by Crippen LogP contribution is -2.12. The van der Waals surface area contributed by atoms with Gasteiger partial charge in [-0.05, 0) is 12.3 Å². The molecule has 1 rings (SSSR count). The Bertz CT molecular complexity index is 375. The predicted molar refractivity (Wildman–Crippen MR) is 77.0 cm³/mol. The van der Waals surface area contributed by atoms with Crippen LogP contribution in [0.3, 0.4) is 0 Å². The van der Waals surface area contributed by atoms with Gasteiger partial charge in [-0.15, -0.1) is 0 Å². The van der Waals surface area contributed by atoms with E-state index in [1.54, 1.807) is 0 Å². The van der Waals surface area contributed by atoms with Gasteiger partial charge in [-0.2, -0.15) is 4.98 Å². The average Bonchev–Trinajstić information content (AvgIpc) is 2.38. The van der Waals surface area contributed by atoms with Gasteiger partial charge in [0.2, 0.25) is 11.8 Å². The smallest absolute Gasteiger partial charge is 0.237 e. The van der Waals surface area contributed by atoms with Crippen LogP contribution in [0, 0.1) is 5.92 Å². The highest BCUT2D eigenvalue weighted by molar-refractivity contribution is 6.31. The molecule has 0 bridgehead atoms. The van der Waals surface area contributed by atoms with Gasteiger partial charge in [0, 0.05) is 13.2 Å². The van der Waals surface area contributed by atoms with Crippen LogP contribution in [-0.4, -0.2) is 36.3 Å². The zero-order chi connectivity index (χ0) is 14.1. The summed E-state index contributed by atoms with van der Waals surface area (Å²) in [7, 11) is 0. The second kappa shape index (κ2) is 8.93. The number of nitrogens with zero attached hydrogens (tertiary/aromatic N) is 2. The van der Waals surface area contributed by atoms with Gasteiger partial charge in [-0.1, -0.05) is 32.4 Å². The van der Waals surface area contributed by atoms with E-state index in [-0.39, 0.29) is 0 Å². The van der Waals surface area contributed by atoms with Crippen LogP contribution >= 0.6 is 11.6 Å². The highest BCUT2D eigenvalue weighted by Crippen LogP contribution is 2.21. The minimum absolute atomic E-state index is 0.392. The van der Waals surface area contributed by atoms with Crippen molar-refractivity contribution in [3.05, 3.63) is 11.2 Å². The summed E-state index contributed by atoms with van der Waals surface area (Å²) in [6.45, 7) is 8.78.